The minimum atomic E-state index is -0.918. The zero-order valence-corrected chi connectivity index (χ0v) is 18.5. The number of urea groups is 1. The maximum atomic E-state index is 12.8. The first-order chi connectivity index (χ1) is 14.8. The second kappa shape index (κ2) is 10.0. The first kappa shape index (κ1) is 22.9. The van der Waals surface area contributed by atoms with Crippen molar-refractivity contribution >= 4 is 52.7 Å². The van der Waals surface area contributed by atoms with Gasteiger partial charge in [0.05, 0.1) is 28.2 Å². The van der Waals surface area contributed by atoms with Gasteiger partial charge in [0.1, 0.15) is 0 Å². The average Bonchev–Trinajstić information content (AvgIpc) is 2.74. The Kier molecular flexibility index (Phi) is 7.42. The molecule has 2 aromatic rings. The summed E-state index contributed by atoms with van der Waals surface area (Å²) in [6.07, 6.45) is 0. The Bertz CT molecular complexity index is 1080. The van der Waals surface area contributed by atoms with Crippen LogP contribution in [-0.2, 0) is 9.53 Å². The van der Waals surface area contributed by atoms with Crippen LogP contribution in [0.1, 0.15) is 18.5 Å². The van der Waals surface area contributed by atoms with Crippen molar-refractivity contribution in [3.8, 4) is 0 Å². The summed E-state index contributed by atoms with van der Waals surface area (Å²) in [5, 5.41) is 17.4. The van der Waals surface area contributed by atoms with E-state index < -0.39 is 23.0 Å². The van der Waals surface area contributed by atoms with Gasteiger partial charge < -0.3 is 15.4 Å². The van der Waals surface area contributed by atoms with E-state index in [1.165, 1.54) is 30.0 Å². The maximum absolute atomic E-state index is 12.8. The zero-order chi connectivity index (χ0) is 22.5. The van der Waals surface area contributed by atoms with Crippen LogP contribution < -0.4 is 10.6 Å². The normalized spacial score (nSPS) is 15.8. The minimum absolute atomic E-state index is 0.123. The molecule has 0 fully saturated rings. The summed E-state index contributed by atoms with van der Waals surface area (Å²) >= 11 is 13.5. The number of thioether (sulfide) groups is 1. The van der Waals surface area contributed by atoms with Crippen LogP contribution in [0.15, 0.2) is 58.6 Å². The molecule has 0 saturated heterocycles. The van der Waals surface area contributed by atoms with Gasteiger partial charge in [0.2, 0.25) is 0 Å². The molecule has 2 amide bonds. The fourth-order valence-electron chi connectivity index (χ4n) is 2.99. The lowest BCUT2D eigenvalue weighted by atomic mass is 9.95. The number of ether oxygens (including phenoxy) is 1. The van der Waals surface area contributed by atoms with Gasteiger partial charge in [-0.2, -0.15) is 0 Å². The number of halogens is 2. The number of nitro groups is 1. The standard InChI is InChI=1S/C20H17Cl2N3O5S/c1-2-30-19(26)17-15(10-31-16-9-12(21)6-7-14(16)22)23-20(27)24-18(17)11-4-3-5-13(8-11)25(28)29/h3-9,18H,2,10H2,1H3,(H2,23,24,27). The third-order valence-corrected chi connectivity index (χ3v) is 6.09. The van der Waals surface area contributed by atoms with Crippen molar-refractivity contribution in [2.75, 3.05) is 12.4 Å². The van der Waals surface area contributed by atoms with Crippen LogP contribution in [0.4, 0.5) is 10.5 Å². The summed E-state index contributed by atoms with van der Waals surface area (Å²) in [6, 6.07) is 9.26. The van der Waals surface area contributed by atoms with Gasteiger partial charge in [-0.15, -0.1) is 11.8 Å². The van der Waals surface area contributed by atoms with Crippen LogP contribution in [0.2, 0.25) is 10.0 Å². The Morgan fingerprint density at radius 1 is 1.26 bits per heavy atom. The average molecular weight is 482 g/mol. The van der Waals surface area contributed by atoms with Gasteiger partial charge in [-0.1, -0.05) is 35.3 Å². The molecule has 1 unspecified atom stereocenters. The second-order valence-electron chi connectivity index (χ2n) is 6.36. The Hall–Kier alpha value is -2.75. The molecule has 0 aromatic heterocycles. The number of hydrogen-bond acceptors (Lipinski definition) is 6. The topological polar surface area (TPSA) is 111 Å². The molecule has 31 heavy (non-hydrogen) atoms. The van der Waals surface area contributed by atoms with E-state index in [1.54, 1.807) is 31.2 Å². The summed E-state index contributed by atoms with van der Waals surface area (Å²) < 4.78 is 5.19. The third-order valence-electron chi connectivity index (χ3n) is 4.33. The molecule has 0 radical (unpaired) electrons. The van der Waals surface area contributed by atoms with Crippen LogP contribution in [0.25, 0.3) is 0 Å². The molecule has 1 aliphatic rings. The lowest BCUT2D eigenvalue weighted by molar-refractivity contribution is -0.384. The van der Waals surface area contributed by atoms with E-state index >= 15 is 0 Å². The van der Waals surface area contributed by atoms with Gasteiger partial charge in [-0.3, -0.25) is 10.1 Å². The van der Waals surface area contributed by atoms with Crippen LogP contribution in [0.3, 0.4) is 0 Å². The van der Waals surface area contributed by atoms with Gasteiger partial charge in [0.25, 0.3) is 5.69 Å². The van der Waals surface area contributed by atoms with Crippen molar-refractivity contribution < 1.29 is 19.2 Å². The van der Waals surface area contributed by atoms with E-state index in [-0.39, 0.29) is 23.6 Å². The number of carbonyl (C=O) groups excluding carboxylic acids is 2. The number of benzene rings is 2. The number of hydrogen-bond donors (Lipinski definition) is 2. The molecule has 3 rings (SSSR count). The molecule has 2 aromatic carbocycles. The summed E-state index contributed by atoms with van der Waals surface area (Å²) in [6.45, 7) is 1.79. The molecule has 0 aliphatic carbocycles. The summed E-state index contributed by atoms with van der Waals surface area (Å²) in [5.41, 5.74) is 0.706. The Labute approximate surface area is 192 Å². The largest absolute Gasteiger partial charge is 0.463 e. The fourth-order valence-corrected chi connectivity index (χ4v) is 4.45. The lowest BCUT2D eigenvalue weighted by Gasteiger charge is -2.29. The highest BCUT2D eigenvalue weighted by molar-refractivity contribution is 7.99. The summed E-state index contributed by atoms with van der Waals surface area (Å²) in [5.74, 6) is -0.452. The number of carbonyl (C=O) groups is 2. The van der Waals surface area contributed by atoms with Gasteiger partial charge in [-0.05, 0) is 30.7 Å². The van der Waals surface area contributed by atoms with Crippen LogP contribution >= 0.6 is 35.0 Å². The van der Waals surface area contributed by atoms with E-state index in [0.717, 1.165) is 0 Å². The number of nitro benzene ring substituents is 1. The molecule has 2 N–H and O–H groups in total. The molecule has 11 heteroatoms. The van der Waals surface area contributed by atoms with Gasteiger partial charge >= 0.3 is 12.0 Å². The highest BCUT2D eigenvalue weighted by Gasteiger charge is 2.34. The number of nitrogens with one attached hydrogen (secondary N) is 2. The molecule has 1 heterocycles. The molecule has 0 spiro atoms. The van der Waals surface area contributed by atoms with Crippen LogP contribution in [0.5, 0.6) is 0 Å². The highest BCUT2D eigenvalue weighted by Crippen LogP contribution is 2.34. The fraction of sp³-hybridized carbons (Fsp3) is 0.200. The molecule has 162 valence electrons. The van der Waals surface area contributed by atoms with E-state index in [0.29, 0.717) is 26.2 Å². The molecule has 0 saturated carbocycles. The van der Waals surface area contributed by atoms with E-state index in [1.807, 2.05) is 0 Å². The summed E-state index contributed by atoms with van der Waals surface area (Å²) in [7, 11) is 0. The van der Waals surface area contributed by atoms with E-state index in [2.05, 4.69) is 10.6 Å². The number of rotatable bonds is 7. The SMILES string of the molecule is CCOC(=O)C1=C(CSc2cc(Cl)ccc2Cl)NC(=O)NC1c1cccc([N+](=O)[O-])c1. The monoisotopic (exact) mass is 481 g/mol. The van der Waals surface area contributed by atoms with Gasteiger partial charge in [-0.25, -0.2) is 9.59 Å². The Balaban J connectivity index is 2.02. The molecule has 1 atom stereocenters. The predicted molar refractivity (Wildman–Crippen MR) is 118 cm³/mol. The van der Waals surface area contributed by atoms with E-state index in [9.17, 15) is 19.7 Å². The predicted octanol–water partition coefficient (Wildman–Crippen LogP) is 4.87. The first-order valence-corrected chi connectivity index (χ1v) is 10.8. The van der Waals surface area contributed by atoms with Crippen molar-refractivity contribution in [3.63, 3.8) is 0 Å². The quantitative estimate of drug-likeness (QED) is 0.252. The molecular weight excluding hydrogens is 465 g/mol. The van der Waals surface area contributed by atoms with Crippen molar-refractivity contribution in [2.24, 2.45) is 0 Å². The van der Waals surface area contributed by atoms with Crippen molar-refractivity contribution in [2.45, 2.75) is 17.9 Å². The minimum Gasteiger partial charge on any atom is -0.463 e. The Morgan fingerprint density at radius 2 is 2.03 bits per heavy atom. The van der Waals surface area contributed by atoms with Gasteiger partial charge in [0, 0.05) is 33.5 Å². The number of non-ortho nitro benzene ring substituents is 1. The second-order valence-corrected chi connectivity index (χ2v) is 8.22. The number of amides is 2. The number of esters is 1. The van der Waals surface area contributed by atoms with Crippen LogP contribution in [0, 0.1) is 10.1 Å². The number of nitrogens with zero attached hydrogens (tertiary/aromatic N) is 1. The highest BCUT2D eigenvalue weighted by atomic mass is 35.5. The van der Waals surface area contributed by atoms with Gasteiger partial charge in [0.15, 0.2) is 0 Å². The molecule has 0 bridgehead atoms. The molecular formula is C20H17Cl2N3O5S. The van der Waals surface area contributed by atoms with E-state index in [4.69, 9.17) is 27.9 Å². The van der Waals surface area contributed by atoms with Crippen molar-refractivity contribution in [1.82, 2.24) is 10.6 Å². The molecule has 1 aliphatic heterocycles. The zero-order valence-electron chi connectivity index (χ0n) is 16.2. The maximum Gasteiger partial charge on any atom is 0.338 e. The van der Waals surface area contributed by atoms with Crippen molar-refractivity contribution in [1.29, 1.82) is 0 Å². The summed E-state index contributed by atoms with van der Waals surface area (Å²) in [4.78, 5) is 36.4. The smallest absolute Gasteiger partial charge is 0.338 e. The third kappa shape index (κ3) is 5.49. The molecule has 8 nitrogen and oxygen atoms in total. The van der Waals surface area contributed by atoms with Crippen LogP contribution in [-0.4, -0.2) is 29.3 Å². The van der Waals surface area contributed by atoms with Crippen molar-refractivity contribution in [3.05, 3.63) is 79.5 Å². The Morgan fingerprint density at radius 3 is 2.74 bits per heavy atom. The lowest BCUT2D eigenvalue weighted by Crippen LogP contribution is -2.46. The first-order valence-electron chi connectivity index (χ1n) is 9.10.